The fourth-order valence-corrected chi connectivity index (χ4v) is 1.33. The Bertz CT molecular complexity index is 495. The van der Waals surface area contributed by atoms with Crippen LogP contribution in [0.5, 0.6) is 11.5 Å². The van der Waals surface area contributed by atoms with E-state index in [2.05, 4.69) is 0 Å². The molecule has 16 heavy (non-hydrogen) atoms. The van der Waals surface area contributed by atoms with Crippen molar-refractivity contribution in [1.82, 2.24) is 0 Å². The predicted molar refractivity (Wildman–Crippen MR) is 62.8 cm³/mol. The summed E-state index contributed by atoms with van der Waals surface area (Å²) >= 11 is 0. The van der Waals surface area contributed by atoms with Crippen LogP contribution in [0.2, 0.25) is 0 Å². The number of ether oxygens (including phenoxy) is 1. The average molecular weight is 213 g/mol. The number of rotatable bonds is 3. The van der Waals surface area contributed by atoms with E-state index in [1.165, 1.54) is 0 Å². The topological polar surface area (TPSA) is 52.3 Å². The molecule has 0 aromatic heterocycles. The van der Waals surface area contributed by atoms with Crippen LogP contribution in [0.1, 0.15) is 10.4 Å². The van der Waals surface area contributed by atoms with Gasteiger partial charge in [-0.1, -0.05) is 18.2 Å². The number of hydrogen-bond donors (Lipinski definition) is 1. The van der Waals surface area contributed by atoms with Crippen LogP contribution in [-0.2, 0) is 0 Å². The van der Waals surface area contributed by atoms with Gasteiger partial charge in [0.25, 0.3) is 0 Å². The molecule has 0 saturated heterocycles. The van der Waals surface area contributed by atoms with Crippen LogP contribution in [0.25, 0.3) is 0 Å². The highest BCUT2D eigenvalue weighted by Gasteiger charge is 2.03. The molecule has 0 bridgehead atoms. The summed E-state index contributed by atoms with van der Waals surface area (Å²) in [6.07, 6.45) is 0.761. The molecule has 0 radical (unpaired) electrons. The molecule has 3 nitrogen and oxygen atoms in total. The van der Waals surface area contributed by atoms with Crippen molar-refractivity contribution in [2.24, 2.45) is 0 Å². The highest BCUT2D eigenvalue weighted by atomic mass is 16.5. The molecule has 2 rings (SSSR count). The molecular weight excluding hydrogens is 202 g/mol. The summed E-state index contributed by atoms with van der Waals surface area (Å²) in [6, 6.07) is 14.2. The van der Waals surface area contributed by atoms with Gasteiger partial charge in [-0.3, -0.25) is 4.79 Å². The lowest BCUT2D eigenvalue weighted by molar-refractivity contribution is 0.112. The molecule has 0 atom stereocenters. The Morgan fingerprint density at radius 1 is 1.06 bits per heavy atom. The molecule has 0 aliphatic heterocycles. The summed E-state index contributed by atoms with van der Waals surface area (Å²) in [5.41, 5.74) is 6.80. The van der Waals surface area contributed by atoms with E-state index in [9.17, 15) is 4.79 Å². The zero-order valence-corrected chi connectivity index (χ0v) is 8.59. The number of carbonyl (C=O) groups excluding carboxylic acids is 1. The predicted octanol–water partition coefficient (Wildman–Crippen LogP) is 2.87. The zero-order valence-electron chi connectivity index (χ0n) is 8.59. The van der Waals surface area contributed by atoms with Gasteiger partial charge in [0.1, 0.15) is 12.0 Å². The number of carbonyl (C=O) groups is 1. The van der Waals surface area contributed by atoms with Crippen molar-refractivity contribution in [1.29, 1.82) is 0 Å². The summed E-state index contributed by atoms with van der Waals surface area (Å²) in [6.45, 7) is 0. The summed E-state index contributed by atoms with van der Waals surface area (Å²) in [7, 11) is 0. The van der Waals surface area contributed by atoms with Gasteiger partial charge in [-0.15, -0.1) is 0 Å². The molecular formula is C13H11NO2. The number of nitrogen functional groups attached to an aromatic ring is 1. The molecule has 2 N–H and O–H groups in total. The molecule has 80 valence electrons. The largest absolute Gasteiger partial charge is 0.455 e. The van der Waals surface area contributed by atoms with Crippen LogP contribution in [0, 0.1) is 0 Å². The number of para-hydroxylation sites is 1. The van der Waals surface area contributed by atoms with E-state index >= 15 is 0 Å². The van der Waals surface area contributed by atoms with Gasteiger partial charge in [0.05, 0.1) is 5.69 Å². The normalized spacial score (nSPS) is 9.75. The van der Waals surface area contributed by atoms with Crippen molar-refractivity contribution in [3.05, 3.63) is 54.1 Å². The SMILES string of the molecule is Nc1ccc(C=O)cc1Oc1ccccc1. The minimum atomic E-state index is 0.496. The van der Waals surface area contributed by atoms with Gasteiger partial charge in [0, 0.05) is 5.56 Å². The fraction of sp³-hybridized carbons (Fsp3) is 0. The molecule has 0 spiro atoms. The lowest BCUT2D eigenvalue weighted by Gasteiger charge is -2.08. The first-order valence-corrected chi connectivity index (χ1v) is 4.87. The Balaban J connectivity index is 2.30. The number of hydrogen-bond acceptors (Lipinski definition) is 3. The van der Waals surface area contributed by atoms with Gasteiger partial charge < -0.3 is 10.5 Å². The fourth-order valence-electron chi connectivity index (χ4n) is 1.33. The van der Waals surface area contributed by atoms with E-state index in [1.54, 1.807) is 18.2 Å². The number of benzene rings is 2. The molecule has 0 saturated carbocycles. The quantitative estimate of drug-likeness (QED) is 0.630. The van der Waals surface area contributed by atoms with Crippen LogP contribution < -0.4 is 10.5 Å². The van der Waals surface area contributed by atoms with Crippen LogP contribution in [0.15, 0.2) is 48.5 Å². The third-order valence-electron chi connectivity index (χ3n) is 2.14. The highest BCUT2D eigenvalue weighted by Crippen LogP contribution is 2.27. The lowest BCUT2D eigenvalue weighted by atomic mass is 10.2. The summed E-state index contributed by atoms with van der Waals surface area (Å²) < 4.78 is 5.57. The van der Waals surface area contributed by atoms with Gasteiger partial charge in [-0.2, -0.15) is 0 Å². The second-order valence-corrected chi connectivity index (χ2v) is 3.33. The Hall–Kier alpha value is -2.29. The van der Waals surface area contributed by atoms with Crippen molar-refractivity contribution in [3.63, 3.8) is 0 Å². The molecule has 0 unspecified atom stereocenters. The van der Waals surface area contributed by atoms with Gasteiger partial charge in [-0.05, 0) is 30.3 Å². The van der Waals surface area contributed by atoms with Crippen LogP contribution in [-0.4, -0.2) is 6.29 Å². The van der Waals surface area contributed by atoms with Crippen molar-refractivity contribution >= 4 is 12.0 Å². The molecule has 2 aromatic carbocycles. The molecule has 0 heterocycles. The van der Waals surface area contributed by atoms with E-state index in [0.717, 1.165) is 6.29 Å². The van der Waals surface area contributed by atoms with Crippen molar-refractivity contribution in [2.75, 3.05) is 5.73 Å². The Morgan fingerprint density at radius 2 is 1.81 bits per heavy atom. The number of nitrogens with two attached hydrogens (primary N) is 1. The van der Waals surface area contributed by atoms with E-state index < -0.39 is 0 Å². The van der Waals surface area contributed by atoms with Gasteiger partial charge in [0.2, 0.25) is 0 Å². The van der Waals surface area contributed by atoms with Crippen LogP contribution >= 0.6 is 0 Å². The molecule has 0 fully saturated rings. The highest BCUT2D eigenvalue weighted by molar-refractivity contribution is 5.77. The average Bonchev–Trinajstić information content (AvgIpc) is 2.33. The van der Waals surface area contributed by atoms with Gasteiger partial charge in [0.15, 0.2) is 5.75 Å². The molecule has 0 aliphatic rings. The third-order valence-corrected chi connectivity index (χ3v) is 2.14. The maximum Gasteiger partial charge on any atom is 0.151 e. The third kappa shape index (κ3) is 2.20. The standard InChI is InChI=1S/C13H11NO2/c14-12-7-6-10(9-15)8-13(12)16-11-4-2-1-3-5-11/h1-9H,14H2. The minimum Gasteiger partial charge on any atom is -0.455 e. The first-order valence-electron chi connectivity index (χ1n) is 4.87. The Labute approximate surface area is 93.5 Å². The molecule has 0 amide bonds. The van der Waals surface area contributed by atoms with Gasteiger partial charge >= 0.3 is 0 Å². The van der Waals surface area contributed by atoms with Crippen molar-refractivity contribution < 1.29 is 9.53 Å². The molecule has 0 aliphatic carbocycles. The van der Waals surface area contributed by atoms with Gasteiger partial charge in [-0.25, -0.2) is 0 Å². The maximum absolute atomic E-state index is 10.6. The number of anilines is 1. The lowest BCUT2D eigenvalue weighted by Crippen LogP contribution is -1.93. The maximum atomic E-state index is 10.6. The second-order valence-electron chi connectivity index (χ2n) is 3.33. The van der Waals surface area contributed by atoms with Crippen molar-refractivity contribution in [3.8, 4) is 11.5 Å². The zero-order chi connectivity index (χ0) is 11.4. The Morgan fingerprint density at radius 3 is 2.50 bits per heavy atom. The van der Waals surface area contributed by atoms with E-state index in [1.807, 2.05) is 30.3 Å². The second kappa shape index (κ2) is 4.49. The minimum absolute atomic E-state index is 0.496. The van der Waals surface area contributed by atoms with Crippen molar-refractivity contribution in [2.45, 2.75) is 0 Å². The first kappa shape index (κ1) is 10.2. The van der Waals surface area contributed by atoms with Crippen LogP contribution in [0.3, 0.4) is 0 Å². The molecule has 3 heteroatoms. The first-order chi connectivity index (χ1) is 7.79. The Kier molecular flexibility index (Phi) is 2.87. The number of aldehydes is 1. The molecule has 2 aromatic rings. The summed E-state index contributed by atoms with van der Waals surface area (Å²) in [5.74, 6) is 1.19. The van der Waals surface area contributed by atoms with E-state index in [0.29, 0.717) is 22.7 Å². The van der Waals surface area contributed by atoms with E-state index in [-0.39, 0.29) is 0 Å². The van der Waals surface area contributed by atoms with Crippen LogP contribution in [0.4, 0.5) is 5.69 Å². The summed E-state index contributed by atoms with van der Waals surface area (Å²) in [4.78, 5) is 10.6. The van der Waals surface area contributed by atoms with E-state index in [4.69, 9.17) is 10.5 Å². The monoisotopic (exact) mass is 213 g/mol. The summed E-state index contributed by atoms with van der Waals surface area (Å²) in [5, 5.41) is 0. The smallest absolute Gasteiger partial charge is 0.151 e.